The number of benzene rings is 3. The van der Waals surface area contributed by atoms with Crippen LogP contribution in [0, 0.1) is 11.6 Å². The van der Waals surface area contributed by atoms with Crippen molar-refractivity contribution in [3.63, 3.8) is 0 Å². The molecule has 2 heterocycles. The number of imidazole rings is 1. The van der Waals surface area contributed by atoms with E-state index in [9.17, 15) is 22.0 Å². The summed E-state index contributed by atoms with van der Waals surface area (Å²) in [5.41, 5.74) is 1.37. The van der Waals surface area contributed by atoms with E-state index in [1.165, 1.54) is 44.7 Å². The van der Waals surface area contributed by atoms with Crippen molar-refractivity contribution in [2.24, 2.45) is 5.10 Å². The fourth-order valence-corrected chi connectivity index (χ4v) is 4.30. The average Bonchev–Trinajstić information content (AvgIpc) is 3.33. The molecule has 0 fully saturated rings. The molecule has 3 aromatic carbocycles. The van der Waals surface area contributed by atoms with Crippen LogP contribution in [0.15, 0.2) is 59.7 Å². The van der Waals surface area contributed by atoms with Gasteiger partial charge in [-0.05, 0) is 41.5 Å². The lowest BCUT2D eigenvalue weighted by Gasteiger charge is -2.23. The Bertz CT molecular complexity index is 1530. The molecule has 0 spiro atoms. The van der Waals surface area contributed by atoms with Crippen LogP contribution in [-0.4, -0.2) is 35.4 Å². The predicted molar refractivity (Wildman–Crippen MR) is 131 cm³/mol. The highest BCUT2D eigenvalue weighted by Gasteiger charge is 2.34. The molecule has 1 aliphatic rings. The lowest BCUT2D eigenvalue weighted by Crippen LogP contribution is -2.21. The molecule has 0 aliphatic carbocycles. The average molecular weight is 528 g/mol. The zero-order chi connectivity index (χ0) is 27.0. The molecule has 0 unspecified atom stereocenters. The van der Waals surface area contributed by atoms with Crippen molar-refractivity contribution in [3.05, 3.63) is 88.7 Å². The third-order valence-corrected chi connectivity index (χ3v) is 6.18. The van der Waals surface area contributed by atoms with Gasteiger partial charge >= 0.3 is 6.18 Å². The van der Waals surface area contributed by atoms with Crippen LogP contribution in [0.2, 0.25) is 0 Å². The summed E-state index contributed by atoms with van der Waals surface area (Å²) in [6.45, 7) is 0.564. The van der Waals surface area contributed by atoms with Crippen molar-refractivity contribution >= 4 is 6.21 Å². The zero-order valence-electron chi connectivity index (χ0n) is 20.2. The molecule has 0 amide bonds. The molecule has 1 aliphatic heterocycles. The van der Waals surface area contributed by atoms with Crippen LogP contribution >= 0.6 is 0 Å². The smallest absolute Gasteiger partial charge is 0.417 e. The molecule has 0 saturated heterocycles. The number of nitrogens with zero attached hydrogens (tertiary/aromatic N) is 3. The van der Waals surface area contributed by atoms with Crippen molar-refractivity contribution in [2.75, 3.05) is 14.2 Å². The second-order valence-corrected chi connectivity index (χ2v) is 8.55. The van der Waals surface area contributed by atoms with Crippen LogP contribution in [0.25, 0.3) is 22.5 Å². The van der Waals surface area contributed by atoms with Crippen LogP contribution in [0.4, 0.5) is 22.0 Å². The first kappa shape index (κ1) is 25.2. The topological polar surface area (TPSA) is 62.7 Å². The van der Waals surface area contributed by atoms with E-state index >= 15 is 0 Å². The molecule has 0 atom stereocenters. The van der Waals surface area contributed by atoms with Crippen molar-refractivity contribution in [3.8, 4) is 34.0 Å². The van der Waals surface area contributed by atoms with Gasteiger partial charge in [0.2, 0.25) is 0 Å². The fraction of sp³-hybridized carbons (Fsp3) is 0.185. The highest BCUT2D eigenvalue weighted by atomic mass is 19.4. The van der Waals surface area contributed by atoms with E-state index in [4.69, 9.17) is 9.47 Å². The standard InChI is InChI=1S/C27H21F5N4O2/c1-37-17-8-9-18(20(11-17)27(30,31)32)15-6-7-16(24(10-15)38-2)13-36-14-23-22(12-33-36)34-26(35-23)19-4-3-5-21(28)25(19)29/h3-12H,13-14H2,1-2H3,(H,34,35). The minimum Gasteiger partial charge on any atom is -0.497 e. The van der Waals surface area contributed by atoms with Gasteiger partial charge in [-0.2, -0.15) is 18.3 Å². The Morgan fingerprint density at radius 2 is 1.79 bits per heavy atom. The van der Waals surface area contributed by atoms with Gasteiger partial charge in [0.1, 0.15) is 23.0 Å². The number of nitrogens with one attached hydrogen (secondary N) is 1. The lowest BCUT2D eigenvalue weighted by atomic mass is 9.97. The molecule has 196 valence electrons. The van der Waals surface area contributed by atoms with Gasteiger partial charge < -0.3 is 14.5 Å². The summed E-state index contributed by atoms with van der Waals surface area (Å²) in [4.78, 5) is 7.34. The molecule has 6 nitrogen and oxygen atoms in total. The van der Waals surface area contributed by atoms with E-state index < -0.39 is 23.4 Å². The van der Waals surface area contributed by atoms with Crippen LogP contribution < -0.4 is 9.47 Å². The summed E-state index contributed by atoms with van der Waals surface area (Å²) in [5, 5.41) is 6.07. The Morgan fingerprint density at radius 3 is 2.53 bits per heavy atom. The second kappa shape index (κ2) is 9.81. The molecule has 0 saturated carbocycles. The molecule has 38 heavy (non-hydrogen) atoms. The highest BCUT2D eigenvalue weighted by Crippen LogP contribution is 2.40. The van der Waals surface area contributed by atoms with Crippen LogP contribution in [0.5, 0.6) is 11.5 Å². The molecule has 1 N–H and O–H groups in total. The molecule has 5 rings (SSSR count). The van der Waals surface area contributed by atoms with E-state index in [2.05, 4.69) is 15.1 Å². The molecule has 4 aromatic rings. The van der Waals surface area contributed by atoms with Gasteiger partial charge in [-0.1, -0.05) is 24.3 Å². The molecular weight excluding hydrogens is 507 g/mol. The van der Waals surface area contributed by atoms with E-state index in [-0.39, 0.29) is 35.8 Å². The number of hydrazone groups is 1. The largest absolute Gasteiger partial charge is 0.497 e. The monoisotopic (exact) mass is 528 g/mol. The highest BCUT2D eigenvalue weighted by molar-refractivity contribution is 5.81. The molecule has 0 radical (unpaired) electrons. The normalized spacial score (nSPS) is 13.0. The summed E-state index contributed by atoms with van der Waals surface area (Å²) in [5.74, 6) is -1.29. The van der Waals surface area contributed by atoms with Crippen LogP contribution in [0.3, 0.4) is 0 Å². The van der Waals surface area contributed by atoms with Crippen molar-refractivity contribution < 1.29 is 31.4 Å². The quantitative estimate of drug-likeness (QED) is 0.294. The summed E-state index contributed by atoms with van der Waals surface area (Å²) >= 11 is 0. The molecule has 0 bridgehead atoms. The zero-order valence-corrected chi connectivity index (χ0v) is 20.2. The maximum atomic E-state index is 14.2. The first-order valence-electron chi connectivity index (χ1n) is 11.4. The third kappa shape index (κ3) is 4.79. The fourth-order valence-electron chi connectivity index (χ4n) is 4.30. The minimum atomic E-state index is -4.58. The number of methoxy groups -OCH3 is 2. The Kier molecular flexibility index (Phi) is 6.52. The summed E-state index contributed by atoms with van der Waals surface area (Å²) in [7, 11) is 2.75. The Hall–Kier alpha value is -4.41. The van der Waals surface area contributed by atoms with Crippen molar-refractivity contribution in [1.82, 2.24) is 15.0 Å². The third-order valence-electron chi connectivity index (χ3n) is 6.18. The van der Waals surface area contributed by atoms with Gasteiger partial charge in [-0.15, -0.1) is 0 Å². The number of ether oxygens (including phenoxy) is 2. The summed E-state index contributed by atoms with van der Waals surface area (Å²) < 4.78 is 79.5. The number of H-pyrrole nitrogens is 1. The lowest BCUT2D eigenvalue weighted by molar-refractivity contribution is -0.137. The van der Waals surface area contributed by atoms with Gasteiger partial charge in [0, 0.05) is 5.56 Å². The summed E-state index contributed by atoms with van der Waals surface area (Å²) in [6.07, 6.45) is -3.07. The van der Waals surface area contributed by atoms with Gasteiger partial charge in [0.25, 0.3) is 0 Å². The van der Waals surface area contributed by atoms with Gasteiger partial charge in [0.15, 0.2) is 11.6 Å². The molecular formula is C27H21F5N4O2. The Labute approximate surface area is 214 Å². The summed E-state index contributed by atoms with van der Waals surface area (Å²) in [6, 6.07) is 12.5. The SMILES string of the molecule is COc1ccc(-c2ccc(CN3Cc4[nH]c(-c5cccc(F)c5F)nc4C=N3)c(OC)c2)c(C(F)(F)F)c1. The van der Waals surface area contributed by atoms with Crippen molar-refractivity contribution in [2.45, 2.75) is 19.3 Å². The van der Waals surface area contributed by atoms with E-state index in [1.807, 2.05) is 0 Å². The maximum Gasteiger partial charge on any atom is 0.417 e. The minimum absolute atomic E-state index is 0.00152. The number of hydrogen-bond acceptors (Lipinski definition) is 5. The Morgan fingerprint density at radius 1 is 0.974 bits per heavy atom. The molecule has 1 aromatic heterocycles. The van der Waals surface area contributed by atoms with E-state index in [0.717, 1.165) is 12.1 Å². The number of aromatic amines is 1. The number of hydrogen-bond donors (Lipinski definition) is 1. The van der Waals surface area contributed by atoms with Crippen LogP contribution in [-0.2, 0) is 19.3 Å². The second-order valence-electron chi connectivity index (χ2n) is 8.55. The van der Waals surface area contributed by atoms with E-state index in [0.29, 0.717) is 28.3 Å². The van der Waals surface area contributed by atoms with Crippen molar-refractivity contribution in [1.29, 1.82) is 0 Å². The first-order chi connectivity index (χ1) is 18.2. The number of halogens is 5. The van der Waals surface area contributed by atoms with Gasteiger partial charge in [0.05, 0.1) is 50.3 Å². The number of rotatable bonds is 6. The number of fused-ring (bicyclic) bond motifs is 1. The maximum absolute atomic E-state index is 14.2. The van der Waals surface area contributed by atoms with Crippen LogP contribution in [0.1, 0.15) is 22.5 Å². The number of alkyl halides is 3. The number of aromatic nitrogens is 2. The first-order valence-corrected chi connectivity index (χ1v) is 11.4. The Balaban J connectivity index is 1.39. The van der Waals surface area contributed by atoms with E-state index in [1.54, 1.807) is 23.2 Å². The van der Waals surface area contributed by atoms with Gasteiger partial charge in [-0.25, -0.2) is 13.8 Å². The van der Waals surface area contributed by atoms with Gasteiger partial charge in [-0.3, -0.25) is 5.01 Å². The predicted octanol–water partition coefficient (Wildman–Crippen LogP) is 6.41. The molecule has 11 heteroatoms.